The summed E-state index contributed by atoms with van der Waals surface area (Å²) in [6, 6.07) is 14.6. The van der Waals surface area contributed by atoms with Crippen LogP contribution in [-0.2, 0) is 20.2 Å². The van der Waals surface area contributed by atoms with Crippen LogP contribution >= 0.6 is 0 Å². The van der Waals surface area contributed by atoms with Gasteiger partial charge in [0.1, 0.15) is 12.7 Å². The molecule has 2 aromatic carbocycles. The maximum atomic E-state index is 13.7. The molecule has 0 aliphatic carbocycles. The maximum absolute atomic E-state index is 13.7. The summed E-state index contributed by atoms with van der Waals surface area (Å²) < 4.78 is 46.4. The predicted octanol–water partition coefficient (Wildman–Crippen LogP) is 3.99. The van der Waals surface area contributed by atoms with Crippen LogP contribution in [0.5, 0.6) is 11.5 Å². The van der Waals surface area contributed by atoms with Crippen LogP contribution in [0.3, 0.4) is 0 Å². The highest BCUT2D eigenvalue weighted by Gasteiger charge is 2.36. The van der Waals surface area contributed by atoms with Crippen LogP contribution in [-0.4, -0.2) is 51.2 Å². The number of ether oxygens (including phenoxy) is 3. The lowest BCUT2D eigenvalue weighted by molar-refractivity contribution is 0.0336. The van der Waals surface area contributed by atoms with Crippen LogP contribution in [0.1, 0.15) is 39.2 Å². The lowest BCUT2D eigenvalue weighted by Gasteiger charge is -2.36. The van der Waals surface area contributed by atoms with Gasteiger partial charge in [0, 0.05) is 19.3 Å². The molecule has 1 saturated heterocycles. The fraction of sp³-hybridized carbons (Fsp3) is 0.500. The number of rotatable bonds is 5. The molecule has 2 heterocycles. The molecular weight excluding hydrogens is 414 g/mol. The van der Waals surface area contributed by atoms with E-state index in [1.165, 1.54) is 0 Å². The van der Waals surface area contributed by atoms with Gasteiger partial charge in [-0.2, -0.15) is 4.31 Å². The van der Waals surface area contributed by atoms with Crippen LogP contribution in [0.25, 0.3) is 0 Å². The summed E-state index contributed by atoms with van der Waals surface area (Å²) in [5.74, 6) is 1.34. The molecular formula is C24H31NO5S. The van der Waals surface area contributed by atoms with E-state index in [9.17, 15) is 8.42 Å². The van der Waals surface area contributed by atoms with Gasteiger partial charge in [0.2, 0.25) is 10.0 Å². The zero-order chi connectivity index (χ0) is 22.1. The van der Waals surface area contributed by atoms with Gasteiger partial charge in [-0.1, -0.05) is 45.0 Å². The monoisotopic (exact) mass is 445 g/mol. The second-order valence-electron chi connectivity index (χ2n) is 9.19. The highest BCUT2D eigenvalue weighted by atomic mass is 32.2. The molecule has 6 nitrogen and oxygen atoms in total. The first kappa shape index (κ1) is 22.1. The second-order valence-corrected chi connectivity index (χ2v) is 11.1. The van der Waals surface area contributed by atoms with Crippen molar-refractivity contribution in [2.45, 2.75) is 56.1 Å². The molecule has 0 bridgehead atoms. The third kappa shape index (κ3) is 4.89. The van der Waals surface area contributed by atoms with Gasteiger partial charge in [0.15, 0.2) is 11.5 Å². The van der Waals surface area contributed by atoms with Crippen LogP contribution in [0, 0.1) is 0 Å². The van der Waals surface area contributed by atoms with E-state index in [-0.39, 0.29) is 24.1 Å². The lowest BCUT2D eigenvalue weighted by Crippen LogP contribution is -2.49. The fourth-order valence-electron chi connectivity index (χ4n) is 4.03. The molecule has 1 unspecified atom stereocenters. The Balaban J connectivity index is 1.60. The van der Waals surface area contributed by atoms with Crippen molar-refractivity contribution in [1.82, 2.24) is 4.31 Å². The molecule has 0 N–H and O–H groups in total. The summed E-state index contributed by atoms with van der Waals surface area (Å²) in [5.41, 5.74) is 1.06. The van der Waals surface area contributed by atoms with Gasteiger partial charge in [-0.15, -0.1) is 0 Å². The number of sulfonamides is 1. The van der Waals surface area contributed by atoms with Gasteiger partial charge < -0.3 is 14.2 Å². The molecule has 31 heavy (non-hydrogen) atoms. The van der Waals surface area contributed by atoms with Crippen molar-refractivity contribution < 1.29 is 22.6 Å². The Morgan fingerprint density at radius 1 is 0.968 bits per heavy atom. The minimum Gasteiger partial charge on any atom is -0.486 e. The first-order chi connectivity index (χ1) is 14.7. The number of fused-ring (bicyclic) bond motifs is 1. The SMILES string of the molecule is CC(C)(C)c1ccc(S(=O)(=O)N(CC2COc3ccccc3O2)C2CCOCC2)cc1. The van der Waals surface area contributed by atoms with Crippen molar-refractivity contribution in [3.8, 4) is 11.5 Å². The summed E-state index contributed by atoms with van der Waals surface area (Å²) in [7, 11) is -3.70. The normalized spacial score (nSPS) is 20.1. The third-order valence-electron chi connectivity index (χ3n) is 5.88. The Bertz CT molecular complexity index is 991. The van der Waals surface area contributed by atoms with Gasteiger partial charge in [0.25, 0.3) is 0 Å². The van der Waals surface area contributed by atoms with Gasteiger partial charge >= 0.3 is 0 Å². The molecule has 2 aliphatic rings. The average Bonchev–Trinajstić information content (AvgIpc) is 2.77. The molecule has 4 rings (SSSR count). The summed E-state index contributed by atoms with van der Waals surface area (Å²) in [6.45, 7) is 8.02. The number of para-hydroxylation sites is 2. The van der Waals surface area contributed by atoms with Crippen LogP contribution < -0.4 is 9.47 Å². The van der Waals surface area contributed by atoms with Crippen LogP contribution in [0.2, 0.25) is 0 Å². The van der Waals surface area contributed by atoms with Crippen molar-refractivity contribution in [3.63, 3.8) is 0 Å². The first-order valence-corrected chi connectivity index (χ1v) is 12.3. The summed E-state index contributed by atoms with van der Waals surface area (Å²) >= 11 is 0. The van der Waals surface area contributed by atoms with E-state index in [4.69, 9.17) is 14.2 Å². The molecule has 7 heteroatoms. The van der Waals surface area contributed by atoms with Crippen molar-refractivity contribution >= 4 is 10.0 Å². The number of hydrogen-bond acceptors (Lipinski definition) is 5. The van der Waals surface area contributed by atoms with E-state index >= 15 is 0 Å². The molecule has 0 aromatic heterocycles. The van der Waals surface area contributed by atoms with E-state index in [0.717, 1.165) is 5.56 Å². The Hall–Kier alpha value is -2.09. The van der Waals surface area contributed by atoms with Crippen molar-refractivity contribution in [2.75, 3.05) is 26.4 Å². The highest BCUT2D eigenvalue weighted by Crippen LogP contribution is 2.33. The van der Waals surface area contributed by atoms with Crippen LogP contribution in [0.4, 0.5) is 0 Å². The molecule has 2 aliphatic heterocycles. The molecule has 0 radical (unpaired) electrons. The molecule has 2 aromatic rings. The minimum absolute atomic E-state index is 0.0383. The summed E-state index contributed by atoms with van der Waals surface area (Å²) in [5, 5.41) is 0. The fourth-order valence-corrected chi connectivity index (χ4v) is 5.75. The van der Waals surface area contributed by atoms with E-state index < -0.39 is 10.0 Å². The maximum Gasteiger partial charge on any atom is 0.243 e. The largest absolute Gasteiger partial charge is 0.486 e. The second kappa shape index (κ2) is 8.81. The molecule has 1 atom stereocenters. The third-order valence-corrected chi connectivity index (χ3v) is 7.81. The standard InChI is InChI=1S/C24H31NO5S/c1-24(2,3)18-8-10-21(11-9-18)31(26,27)25(19-12-14-28-15-13-19)16-20-17-29-22-6-4-5-7-23(22)30-20/h4-11,19-20H,12-17H2,1-3H3. The van der Waals surface area contributed by atoms with Crippen molar-refractivity contribution in [3.05, 3.63) is 54.1 Å². The van der Waals surface area contributed by atoms with Crippen molar-refractivity contribution in [2.24, 2.45) is 0 Å². The average molecular weight is 446 g/mol. The van der Waals surface area contributed by atoms with E-state index in [1.54, 1.807) is 16.4 Å². The van der Waals surface area contributed by atoms with Gasteiger partial charge in [-0.3, -0.25) is 0 Å². The molecule has 168 valence electrons. The Morgan fingerprint density at radius 3 is 2.26 bits per heavy atom. The Morgan fingerprint density at radius 2 is 1.61 bits per heavy atom. The summed E-state index contributed by atoms with van der Waals surface area (Å²) in [6.07, 6.45) is 0.966. The van der Waals surface area contributed by atoms with Gasteiger partial charge in [-0.05, 0) is 48.1 Å². The number of benzene rings is 2. The van der Waals surface area contributed by atoms with Gasteiger partial charge in [0.05, 0.1) is 11.4 Å². The zero-order valence-corrected chi connectivity index (χ0v) is 19.2. The predicted molar refractivity (Wildman–Crippen MR) is 119 cm³/mol. The summed E-state index contributed by atoms with van der Waals surface area (Å²) in [4.78, 5) is 0.309. The van der Waals surface area contributed by atoms with E-state index in [0.29, 0.717) is 49.1 Å². The van der Waals surface area contributed by atoms with Gasteiger partial charge in [-0.25, -0.2) is 8.42 Å². The lowest BCUT2D eigenvalue weighted by atomic mass is 9.87. The van der Waals surface area contributed by atoms with Crippen LogP contribution in [0.15, 0.2) is 53.4 Å². The highest BCUT2D eigenvalue weighted by molar-refractivity contribution is 7.89. The first-order valence-electron chi connectivity index (χ1n) is 10.8. The van der Waals surface area contributed by atoms with E-state index in [2.05, 4.69) is 20.8 Å². The number of hydrogen-bond donors (Lipinski definition) is 0. The zero-order valence-electron chi connectivity index (χ0n) is 18.4. The van der Waals surface area contributed by atoms with E-state index in [1.807, 2.05) is 36.4 Å². The Kier molecular flexibility index (Phi) is 6.28. The number of nitrogens with zero attached hydrogens (tertiary/aromatic N) is 1. The minimum atomic E-state index is -3.70. The van der Waals surface area contributed by atoms with Crippen molar-refractivity contribution in [1.29, 1.82) is 0 Å². The molecule has 1 fully saturated rings. The topological polar surface area (TPSA) is 65.1 Å². The molecule has 0 saturated carbocycles. The quantitative estimate of drug-likeness (QED) is 0.696. The molecule has 0 amide bonds. The molecule has 0 spiro atoms. The smallest absolute Gasteiger partial charge is 0.243 e. The Labute approximate surface area is 185 Å².